The van der Waals surface area contributed by atoms with Crippen LogP contribution in [0.3, 0.4) is 0 Å². The van der Waals surface area contributed by atoms with Gasteiger partial charge >= 0.3 is 5.69 Å². The first kappa shape index (κ1) is 11.7. The molecule has 0 bridgehead atoms. The number of thioether (sulfide) groups is 1. The van der Waals surface area contributed by atoms with Crippen molar-refractivity contribution in [3.63, 3.8) is 0 Å². The molecule has 1 aromatic rings. The van der Waals surface area contributed by atoms with Crippen molar-refractivity contribution < 1.29 is 5.11 Å². The predicted molar refractivity (Wildman–Crippen MR) is 62.6 cm³/mol. The van der Waals surface area contributed by atoms with Crippen LogP contribution in [0.4, 0.5) is 0 Å². The van der Waals surface area contributed by atoms with Crippen LogP contribution in [0.5, 0.6) is 0 Å². The molecular weight excluding hydrogens is 226 g/mol. The molecule has 2 rings (SSSR count). The third-order valence-electron chi connectivity index (χ3n) is 2.96. The Hall–Kier alpha value is -0.750. The summed E-state index contributed by atoms with van der Waals surface area (Å²) in [4.78, 5) is 11.4. The van der Waals surface area contributed by atoms with Crippen molar-refractivity contribution in [2.45, 2.75) is 55.7 Å². The van der Waals surface area contributed by atoms with Gasteiger partial charge in [-0.2, -0.15) is 0 Å². The quantitative estimate of drug-likeness (QED) is 0.830. The van der Waals surface area contributed by atoms with Crippen LogP contribution in [0.25, 0.3) is 0 Å². The molecule has 0 aliphatic heterocycles. The molecule has 0 unspecified atom stereocenters. The summed E-state index contributed by atoms with van der Waals surface area (Å²) in [6, 6.07) is 0. The van der Waals surface area contributed by atoms with E-state index >= 15 is 0 Å². The molecule has 0 radical (unpaired) electrons. The minimum absolute atomic E-state index is 0.171. The largest absolute Gasteiger partial charge is 0.392 e. The lowest BCUT2D eigenvalue weighted by Crippen LogP contribution is -2.27. The van der Waals surface area contributed by atoms with Gasteiger partial charge in [-0.15, -0.1) is 5.10 Å². The van der Waals surface area contributed by atoms with Gasteiger partial charge < -0.3 is 5.11 Å². The standard InChI is InChI=1S/C10H17N3O2S/c1-2-13-9(15)11-12-10(13)16-8-6-4-3-5-7(8)14/h7-8,14H,2-6H2,1H3,(H,11,15)/t7-,8-/m1/s1. The minimum Gasteiger partial charge on any atom is -0.392 e. The fourth-order valence-electron chi connectivity index (χ4n) is 2.02. The summed E-state index contributed by atoms with van der Waals surface area (Å²) in [6.07, 6.45) is 3.83. The smallest absolute Gasteiger partial charge is 0.343 e. The molecule has 6 heteroatoms. The third-order valence-corrected chi connectivity index (χ3v) is 4.34. The Bertz CT molecular complexity index is 401. The summed E-state index contributed by atoms with van der Waals surface area (Å²) in [7, 11) is 0. The molecule has 1 heterocycles. The summed E-state index contributed by atoms with van der Waals surface area (Å²) in [6.45, 7) is 2.53. The molecular formula is C10H17N3O2S. The van der Waals surface area contributed by atoms with E-state index in [2.05, 4.69) is 10.2 Å². The van der Waals surface area contributed by atoms with E-state index in [0.29, 0.717) is 11.7 Å². The van der Waals surface area contributed by atoms with Crippen LogP contribution < -0.4 is 5.69 Å². The lowest BCUT2D eigenvalue weighted by molar-refractivity contribution is 0.137. The highest BCUT2D eigenvalue weighted by Crippen LogP contribution is 2.32. The average molecular weight is 243 g/mol. The molecule has 2 atom stereocenters. The van der Waals surface area contributed by atoms with E-state index < -0.39 is 0 Å². The SMILES string of the molecule is CCn1c(S[C@@H]2CCCC[C@H]2O)n[nH]c1=O. The number of nitrogens with one attached hydrogen (secondary N) is 1. The van der Waals surface area contributed by atoms with E-state index in [1.807, 2.05) is 6.92 Å². The lowest BCUT2D eigenvalue weighted by atomic mass is 9.97. The Balaban J connectivity index is 2.10. The van der Waals surface area contributed by atoms with Gasteiger partial charge in [-0.3, -0.25) is 4.57 Å². The monoisotopic (exact) mass is 243 g/mol. The van der Waals surface area contributed by atoms with Gasteiger partial charge in [0.15, 0.2) is 5.16 Å². The van der Waals surface area contributed by atoms with Gasteiger partial charge in [-0.05, 0) is 19.8 Å². The first-order chi connectivity index (χ1) is 7.72. The molecule has 0 spiro atoms. The van der Waals surface area contributed by atoms with Crippen molar-refractivity contribution in [1.29, 1.82) is 0 Å². The van der Waals surface area contributed by atoms with Crippen LogP contribution in [0, 0.1) is 0 Å². The van der Waals surface area contributed by atoms with E-state index in [1.165, 1.54) is 11.8 Å². The summed E-state index contributed by atoms with van der Waals surface area (Å²) >= 11 is 1.52. The number of aliphatic hydroxyl groups is 1. The summed E-state index contributed by atoms with van der Waals surface area (Å²) in [5.41, 5.74) is -0.171. The van der Waals surface area contributed by atoms with Gasteiger partial charge in [-0.1, -0.05) is 24.6 Å². The summed E-state index contributed by atoms with van der Waals surface area (Å²) in [5, 5.41) is 17.2. The zero-order valence-electron chi connectivity index (χ0n) is 9.35. The van der Waals surface area contributed by atoms with E-state index in [9.17, 15) is 9.90 Å². The van der Waals surface area contributed by atoms with Gasteiger partial charge in [0.05, 0.1) is 6.10 Å². The summed E-state index contributed by atoms with van der Waals surface area (Å²) < 4.78 is 1.60. The first-order valence-electron chi connectivity index (χ1n) is 5.72. The zero-order chi connectivity index (χ0) is 11.5. The van der Waals surface area contributed by atoms with Crippen molar-refractivity contribution in [3.8, 4) is 0 Å². The number of hydrogen-bond donors (Lipinski definition) is 2. The molecule has 1 aromatic heterocycles. The van der Waals surface area contributed by atoms with Crippen LogP contribution in [-0.2, 0) is 6.54 Å². The fraction of sp³-hybridized carbons (Fsp3) is 0.800. The molecule has 0 amide bonds. The minimum atomic E-state index is -0.268. The summed E-state index contributed by atoms with van der Waals surface area (Å²) in [5.74, 6) is 0. The number of nitrogens with zero attached hydrogens (tertiary/aromatic N) is 2. The maximum atomic E-state index is 11.4. The van der Waals surface area contributed by atoms with Gasteiger partial charge in [-0.25, -0.2) is 9.89 Å². The number of H-pyrrole nitrogens is 1. The van der Waals surface area contributed by atoms with Crippen molar-refractivity contribution in [2.75, 3.05) is 0 Å². The Morgan fingerprint density at radius 2 is 2.31 bits per heavy atom. The first-order valence-corrected chi connectivity index (χ1v) is 6.60. The van der Waals surface area contributed by atoms with Crippen LogP contribution >= 0.6 is 11.8 Å². The highest BCUT2D eigenvalue weighted by atomic mass is 32.2. The van der Waals surface area contributed by atoms with Crippen molar-refractivity contribution >= 4 is 11.8 Å². The lowest BCUT2D eigenvalue weighted by Gasteiger charge is -2.26. The zero-order valence-corrected chi connectivity index (χ0v) is 10.2. The predicted octanol–water partition coefficient (Wildman–Crippen LogP) is 0.987. The highest BCUT2D eigenvalue weighted by Gasteiger charge is 2.25. The van der Waals surface area contributed by atoms with Crippen LogP contribution in [-0.4, -0.2) is 31.2 Å². The molecule has 0 aromatic carbocycles. The van der Waals surface area contributed by atoms with Crippen molar-refractivity contribution in [1.82, 2.24) is 14.8 Å². The fourth-order valence-corrected chi connectivity index (χ4v) is 3.31. The normalized spacial score (nSPS) is 25.9. The van der Waals surface area contributed by atoms with Gasteiger partial charge in [0, 0.05) is 11.8 Å². The van der Waals surface area contributed by atoms with Gasteiger partial charge in [0.25, 0.3) is 0 Å². The van der Waals surface area contributed by atoms with Crippen molar-refractivity contribution in [2.24, 2.45) is 0 Å². The Kier molecular flexibility index (Phi) is 3.70. The molecule has 0 saturated heterocycles. The number of hydrogen-bond acceptors (Lipinski definition) is 4. The van der Waals surface area contributed by atoms with Gasteiger partial charge in [0.1, 0.15) is 0 Å². The molecule has 1 fully saturated rings. The second-order valence-corrected chi connectivity index (χ2v) is 5.27. The Morgan fingerprint density at radius 3 is 3.00 bits per heavy atom. The number of aromatic amines is 1. The average Bonchev–Trinajstić information content (AvgIpc) is 2.63. The molecule has 16 heavy (non-hydrogen) atoms. The van der Waals surface area contributed by atoms with Crippen LogP contribution in [0.2, 0.25) is 0 Å². The molecule has 5 nitrogen and oxygen atoms in total. The number of rotatable bonds is 3. The van der Waals surface area contributed by atoms with Gasteiger partial charge in [0.2, 0.25) is 0 Å². The molecule has 1 saturated carbocycles. The second kappa shape index (κ2) is 5.05. The molecule has 1 aliphatic carbocycles. The molecule has 1 aliphatic rings. The topological polar surface area (TPSA) is 70.9 Å². The molecule has 90 valence electrons. The second-order valence-electron chi connectivity index (χ2n) is 4.06. The van der Waals surface area contributed by atoms with E-state index in [4.69, 9.17) is 0 Å². The maximum absolute atomic E-state index is 11.4. The third kappa shape index (κ3) is 2.32. The van der Waals surface area contributed by atoms with E-state index in [-0.39, 0.29) is 17.0 Å². The van der Waals surface area contributed by atoms with E-state index in [0.717, 1.165) is 25.7 Å². The van der Waals surface area contributed by atoms with Crippen LogP contribution in [0.1, 0.15) is 32.6 Å². The number of aromatic nitrogens is 3. The van der Waals surface area contributed by atoms with Crippen LogP contribution in [0.15, 0.2) is 9.95 Å². The van der Waals surface area contributed by atoms with E-state index in [1.54, 1.807) is 4.57 Å². The Morgan fingerprint density at radius 1 is 1.56 bits per heavy atom. The number of aliphatic hydroxyl groups excluding tert-OH is 1. The highest BCUT2D eigenvalue weighted by molar-refractivity contribution is 7.99. The molecule has 2 N–H and O–H groups in total. The maximum Gasteiger partial charge on any atom is 0.343 e. The Labute approximate surface area is 98.3 Å². The van der Waals surface area contributed by atoms with Crippen molar-refractivity contribution in [3.05, 3.63) is 10.5 Å².